The van der Waals surface area contributed by atoms with E-state index in [0.29, 0.717) is 31.0 Å². The average molecular weight is 557 g/mol. The highest BCUT2D eigenvalue weighted by molar-refractivity contribution is 5.83. The van der Waals surface area contributed by atoms with E-state index in [1.165, 1.54) is 0 Å². The minimum atomic E-state index is -0.416. The molecule has 1 amide bonds. The van der Waals surface area contributed by atoms with Gasteiger partial charge >= 0.3 is 0 Å². The molecule has 0 radical (unpaired) electrons. The number of fused-ring (bicyclic) bond motifs is 9. The molecule has 2 aromatic carbocycles. The van der Waals surface area contributed by atoms with Crippen molar-refractivity contribution in [2.75, 3.05) is 25.7 Å². The van der Waals surface area contributed by atoms with Crippen molar-refractivity contribution < 1.29 is 19.2 Å². The van der Waals surface area contributed by atoms with E-state index in [1.807, 2.05) is 34.9 Å². The zero-order valence-corrected chi connectivity index (χ0v) is 23.0. The van der Waals surface area contributed by atoms with E-state index in [9.17, 15) is 19.7 Å². The van der Waals surface area contributed by atoms with Gasteiger partial charge in [0.05, 0.1) is 31.1 Å². The molecule has 1 aliphatic carbocycles. The van der Waals surface area contributed by atoms with Gasteiger partial charge in [0.2, 0.25) is 5.91 Å². The molecule has 1 unspecified atom stereocenters. The van der Waals surface area contributed by atoms with Crippen LogP contribution in [0.2, 0.25) is 0 Å². The van der Waals surface area contributed by atoms with Crippen LogP contribution in [0.1, 0.15) is 47.2 Å². The number of piperidine rings is 1. The van der Waals surface area contributed by atoms with E-state index in [0.717, 1.165) is 47.3 Å². The number of methoxy groups -OCH3 is 2. The van der Waals surface area contributed by atoms with Crippen LogP contribution in [0.15, 0.2) is 53.3 Å². The van der Waals surface area contributed by atoms with Crippen molar-refractivity contribution in [3.05, 3.63) is 91.4 Å². The Kier molecular flexibility index (Phi) is 6.02. The highest BCUT2D eigenvalue weighted by Gasteiger charge is 2.49. The number of aryl methyl sites for hydroxylation is 1. The number of benzene rings is 2. The van der Waals surface area contributed by atoms with Crippen molar-refractivity contribution in [1.82, 2.24) is 9.88 Å². The molecule has 10 nitrogen and oxygen atoms in total. The quantitative estimate of drug-likeness (QED) is 0.376. The molecule has 212 valence electrons. The fourth-order valence-electron chi connectivity index (χ4n) is 7.81. The maximum absolute atomic E-state index is 14.2. The van der Waals surface area contributed by atoms with Crippen LogP contribution < -0.4 is 25.2 Å². The largest absolute Gasteiger partial charge is 0.493 e. The molecule has 10 heteroatoms. The van der Waals surface area contributed by atoms with E-state index in [2.05, 4.69) is 10.2 Å². The van der Waals surface area contributed by atoms with Gasteiger partial charge in [0, 0.05) is 54.6 Å². The van der Waals surface area contributed by atoms with E-state index in [1.54, 1.807) is 32.4 Å². The minimum absolute atomic E-state index is 0.00887. The molecule has 0 spiro atoms. The number of nitro groups is 1. The lowest BCUT2D eigenvalue weighted by atomic mass is 9.70. The highest BCUT2D eigenvalue weighted by Crippen LogP contribution is 2.48. The normalized spacial score (nSPS) is 25.3. The van der Waals surface area contributed by atoms with Crippen molar-refractivity contribution >= 4 is 17.3 Å². The van der Waals surface area contributed by atoms with Gasteiger partial charge in [-0.1, -0.05) is 6.07 Å². The van der Waals surface area contributed by atoms with Crippen molar-refractivity contribution in [3.63, 3.8) is 0 Å². The lowest BCUT2D eigenvalue weighted by molar-refractivity contribution is -0.384. The van der Waals surface area contributed by atoms with E-state index in [4.69, 9.17) is 9.47 Å². The minimum Gasteiger partial charge on any atom is -0.493 e. The summed E-state index contributed by atoms with van der Waals surface area (Å²) in [5, 5.41) is 15.0. The Morgan fingerprint density at radius 3 is 2.63 bits per heavy atom. The number of hydrogen-bond donors (Lipinski definition) is 1. The predicted octanol–water partition coefficient (Wildman–Crippen LogP) is 3.74. The number of ether oxygens (including phenoxy) is 2. The monoisotopic (exact) mass is 556 g/mol. The summed E-state index contributed by atoms with van der Waals surface area (Å²) in [6.07, 6.45) is 2.90. The molecule has 0 saturated carbocycles. The molecule has 4 heterocycles. The third-order valence-corrected chi connectivity index (χ3v) is 9.58. The summed E-state index contributed by atoms with van der Waals surface area (Å²) in [5.41, 5.74) is 4.97. The van der Waals surface area contributed by atoms with Gasteiger partial charge in [-0.2, -0.15) is 0 Å². The smallest absolute Gasteiger partial charge is 0.269 e. The Bertz CT molecular complexity index is 1630. The van der Waals surface area contributed by atoms with Crippen LogP contribution in [0.4, 0.5) is 11.4 Å². The lowest BCUT2D eigenvalue weighted by Crippen LogP contribution is -2.61. The van der Waals surface area contributed by atoms with E-state index >= 15 is 0 Å². The molecular formula is C31H32N4O6. The number of amides is 1. The van der Waals surface area contributed by atoms with Crippen LogP contribution in [0.25, 0.3) is 0 Å². The molecule has 4 aliphatic rings. The summed E-state index contributed by atoms with van der Waals surface area (Å²) in [4.78, 5) is 40.5. The number of aromatic nitrogens is 1. The Balaban J connectivity index is 1.25. The third-order valence-electron chi connectivity index (χ3n) is 9.58. The summed E-state index contributed by atoms with van der Waals surface area (Å²) >= 11 is 0. The number of hydrogen-bond acceptors (Lipinski definition) is 7. The van der Waals surface area contributed by atoms with Crippen LogP contribution in [-0.4, -0.2) is 42.2 Å². The second kappa shape index (κ2) is 9.64. The standard InChI is InChI=1S/C31H32N4O6/c1-40-27-13-17-6-8-24(22(17)14-28(27)41-2)32-31(37)23-12-18-11-21(35(38)39)7-9-26(18)34-15-19-10-20(30(23)34)16-33-25(19)4-3-5-29(33)36/h3-5,7,9,11,13-14,19-20,23-24,30H,6,8,10,12,15-16H2,1-2H3,(H,32,37)/t19-,20-,23-,24?,30+/m1/s1. The maximum Gasteiger partial charge on any atom is 0.269 e. The molecule has 1 fully saturated rings. The van der Waals surface area contributed by atoms with Crippen molar-refractivity contribution in [2.24, 2.45) is 11.8 Å². The number of nitrogens with zero attached hydrogens (tertiary/aromatic N) is 3. The number of carbonyl (C=O) groups is 1. The second-order valence-corrected chi connectivity index (χ2v) is 11.6. The number of nitrogens with one attached hydrogen (secondary N) is 1. The van der Waals surface area contributed by atoms with Crippen LogP contribution >= 0.6 is 0 Å². The van der Waals surface area contributed by atoms with Gasteiger partial charge in [-0.25, -0.2) is 0 Å². The van der Waals surface area contributed by atoms with Gasteiger partial charge in [-0.05, 0) is 72.6 Å². The van der Waals surface area contributed by atoms with Gasteiger partial charge in [-0.3, -0.25) is 19.7 Å². The maximum atomic E-state index is 14.2. The van der Waals surface area contributed by atoms with Crippen LogP contribution in [0, 0.1) is 22.0 Å². The first-order valence-corrected chi connectivity index (χ1v) is 14.1. The zero-order chi connectivity index (χ0) is 28.4. The molecule has 2 bridgehead atoms. The Morgan fingerprint density at radius 2 is 1.85 bits per heavy atom. The summed E-state index contributed by atoms with van der Waals surface area (Å²) in [5.74, 6) is 1.06. The average Bonchev–Trinajstić information content (AvgIpc) is 3.37. The molecular weight excluding hydrogens is 524 g/mol. The summed E-state index contributed by atoms with van der Waals surface area (Å²) in [6, 6.07) is 14.1. The van der Waals surface area contributed by atoms with Gasteiger partial charge < -0.3 is 24.3 Å². The number of carbonyl (C=O) groups excluding carboxylic acids is 1. The molecule has 1 saturated heterocycles. The molecule has 3 aliphatic heterocycles. The summed E-state index contributed by atoms with van der Waals surface area (Å²) in [7, 11) is 3.21. The number of pyridine rings is 1. The Morgan fingerprint density at radius 1 is 1.05 bits per heavy atom. The van der Waals surface area contributed by atoms with Crippen molar-refractivity contribution in [1.29, 1.82) is 0 Å². The molecule has 5 atom stereocenters. The predicted molar refractivity (Wildman–Crippen MR) is 152 cm³/mol. The first-order chi connectivity index (χ1) is 19.9. The first-order valence-electron chi connectivity index (χ1n) is 14.1. The summed E-state index contributed by atoms with van der Waals surface area (Å²) in [6.45, 7) is 1.21. The molecule has 1 N–H and O–H groups in total. The first kappa shape index (κ1) is 25.6. The van der Waals surface area contributed by atoms with E-state index < -0.39 is 5.92 Å². The lowest BCUT2D eigenvalue weighted by Gasteiger charge is -2.54. The second-order valence-electron chi connectivity index (χ2n) is 11.6. The molecule has 7 rings (SSSR count). The number of rotatable bonds is 5. The number of anilines is 1. The fourth-order valence-corrected chi connectivity index (χ4v) is 7.81. The third kappa shape index (κ3) is 4.07. The Hall–Kier alpha value is -4.34. The Labute approximate surface area is 237 Å². The van der Waals surface area contributed by atoms with Gasteiger partial charge in [0.25, 0.3) is 11.2 Å². The van der Waals surface area contributed by atoms with Gasteiger partial charge in [0.1, 0.15) is 0 Å². The molecule has 3 aromatic rings. The van der Waals surface area contributed by atoms with Crippen molar-refractivity contribution in [2.45, 2.75) is 50.2 Å². The van der Waals surface area contributed by atoms with Crippen LogP contribution in [-0.2, 0) is 24.2 Å². The summed E-state index contributed by atoms with van der Waals surface area (Å²) < 4.78 is 12.9. The fraction of sp³-hybridized carbons (Fsp3) is 0.419. The highest BCUT2D eigenvalue weighted by atomic mass is 16.6. The molecule has 1 aromatic heterocycles. The zero-order valence-electron chi connectivity index (χ0n) is 23.0. The van der Waals surface area contributed by atoms with E-state index in [-0.39, 0.29) is 46.0 Å². The van der Waals surface area contributed by atoms with Crippen molar-refractivity contribution in [3.8, 4) is 11.5 Å². The van der Waals surface area contributed by atoms with Crippen LogP contribution in [0.3, 0.4) is 0 Å². The molecule has 41 heavy (non-hydrogen) atoms. The topological polar surface area (TPSA) is 116 Å². The van der Waals surface area contributed by atoms with Gasteiger partial charge in [-0.15, -0.1) is 0 Å². The van der Waals surface area contributed by atoms with Crippen LogP contribution in [0.5, 0.6) is 11.5 Å². The number of non-ortho nitro benzene ring substituents is 1. The van der Waals surface area contributed by atoms with Gasteiger partial charge in [0.15, 0.2) is 11.5 Å². The SMILES string of the molecule is COc1cc2c(cc1OC)C(NC(=O)[C@@H]1Cc3cc([N+](=O)[O-])ccc3N3C[C@H]4C[C@H](Cn5c4cccc5=O)[C@@H]13)CC2. The number of nitro benzene ring substituents is 1.